The van der Waals surface area contributed by atoms with Gasteiger partial charge in [-0.1, -0.05) is 12.8 Å². The van der Waals surface area contributed by atoms with Gasteiger partial charge in [0.1, 0.15) is 0 Å². The first-order valence-corrected chi connectivity index (χ1v) is 7.92. The van der Waals surface area contributed by atoms with Crippen molar-refractivity contribution in [1.82, 2.24) is 15.5 Å². The molecule has 0 saturated heterocycles. The third kappa shape index (κ3) is 4.59. The Balaban J connectivity index is 1.78. The second-order valence-electron chi connectivity index (χ2n) is 6.64. The summed E-state index contributed by atoms with van der Waals surface area (Å²) in [4.78, 5) is 25.4. The highest BCUT2D eigenvalue weighted by Gasteiger charge is 2.37. The van der Waals surface area contributed by atoms with Crippen LogP contribution in [0.5, 0.6) is 0 Å². The smallest absolute Gasteiger partial charge is 0.315 e. The van der Waals surface area contributed by atoms with Crippen molar-refractivity contribution in [1.29, 1.82) is 0 Å². The molecule has 21 heavy (non-hydrogen) atoms. The minimum atomic E-state index is -0.848. The van der Waals surface area contributed by atoms with E-state index in [4.69, 9.17) is 5.11 Å². The Morgan fingerprint density at radius 3 is 2.48 bits per heavy atom. The number of urea groups is 1. The molecule has 0 aromatic rings. The van der Waals surface area contributed by atoms with Crippen molar-refractivity contribution in [2.45, 2.75) is 69.5 Å². The molecule has 120 valence electrons. The van der Waals surface area contributed by atoms with Crippen LogP contribution in [0.1, 0.15) is 51.9 Å². The fourth-order valence-corrected chi connectivity index (χ4v) is 3.20. The normalized spacial score (nSPS) is 22.0. The van der Waals surface area contributed by atoms with Gasteiger partial charge in [0.05, 0.1) is 12.0 Å². The summed E-state index contributed by atoms with van der Waals surface area (Å²) in [6.07, 6.45) is 5.97. The van der Waals surface area contributed by atoms with Gasteiger partial charge in [-0.15, -0.1) is 0 Å². The molecule has 0 radical (unpaired) electrons. The number of carbonyl (C=O) groups is 2. The largest absolute Gasteiger partial charge is 0.481 e. The zero-order valence-electron chi connectivity index (χ0n) is 13.0. The van der Waals surface area contributed by atoms with Gasteiger partial charge in [-0.05, 0) is 39.7 Å². The van der Waals surface area contributed by atoms with E-state index in [2.05, 4.69) is 29.5 Å². The average Bonchev–Trinajstić information content (AvgIpc) is 3.17. The molecule has 1 unspecified atom stereocenters. The standard InChI is InChI=1S/C15H27N3O3/c1-11(18(2)12-5-6-12)10-16-14(21)17-15(9-13(19)20)7-3-4-8-15/h11-12H,3-10H2,1-2H3,(H,19,20)(H2,16,17,21). The molecule has 2 amide bonds. The van der Waals surface area contributed by atoms with Gasteiger partial charge >= 0.3 is 12.0 Å². The van der Waals surface area contributed by atoms with Gasteiger partial charge in [0.2, 0.25) is 0 Å². The zero-order valence-corrected chi connectivity index (χ0v) is 13.0. The lowest BCUT2D eigenvalue weighted by atomic mass is 9.93. The lowest BCUT2D eigenvalue weighted by molar-refractivity contribution is -0.138. The molecule has 0 aliphatic heterocycles. The number of nitrogens with zero attached hydrogens (tertiary/aromatic N) is 1. The molecule has 6 heteroatoms. The van der Waals surface area contributed by atoms with Crippen LogP contribution in [0, 0.1) is 0 Å². The second kappa shape index (κ2) is 6.64. The van der Waals surface area contributed by atoms with Crippen LogP contribution in [-0.2, 0) is 4.79 Å². The second-order valence-corrected chi connectivity index (χ2v) is 6.64. The van der Waals surface area contributed by atoms with E-state index in [1.54, 1.807) is 0 Å². The summed E-state index contributed by atoms with van der Waals surface area (Å²) in [6, 6.07) is 0.717. The third-order valence-electron chi connectivity index (χ3n) is 4.81. The Bertz CT molecular complexity index is 390. The Morgan fingerprint density at radius 1 is 1.33 bits per heavy atom. The molecule has 0 spiro atoms. The van der Waals surface area contributed by atoms with E-state index in [0.717, 1.165) is 25.7 Å². The predicted octanol–water partition coefficient (Wildman–Crippen LogP) is 1.56. The first kappa shape index (κ1) is 16.1. The topological polar surface area (TPSA) is 81.7 Å². The molecule has 0 aromatic carbocycles. The third-order valence-corrected chi connectivity index (χ3v) is 4.81. The van der Waals surface area contributed by atoms with Crippen LogP contribution in [0.4, 0.5) is 4.79 Å². The number of likely N-dealkylation sites (N-methyl/N-ethyl adjacent to an activating group) is 1. The highest BCUT2D eigenvalue weighted by Crippen LogP contribution is 2.32. The van der Waals surface area contributed by atoms with Crippen molar-refractivity contribution in [3.05, 3.63) is 0 Å². The van der Waals surface area contributed by atoms with Crippen LogP contribution in [0.3, 0.4) is 0 Å². The predicted molar refractivity (Wildman–Crippen MR) is 80.2 cm³/mol. The Labute approximate surface area is 126 Å². The number of carboxylic acid groups (broad SMARTS) is 1. The number of nitrogens with one attached hydrogen (secondary N) is 2. The average molecular weight is 297 g/mol. The van der Waals surface area contributed by atoms with Crippen molar-refractivity contribution in [3.8, 4) is 0 Å². The lowest BCUT2D eigenvalue weighted by Crippen LogP contribution is -2.53. The van der Waals surface area contributed by atoms with Crippen LogP contribution in [0.15, 0.2) is 0 Å². The fraction of sp³-hybridized carbons (Fsp3) is 0.867. The molecule has 0 bridgehead atoms. The number of aliphatic carboxylic acids is 1. The van der Waals surface area contributed by atoms with E-state index in [9.17, 15) is 9.59 Å². The van der Waals surface area contributed by atoms with Crippen molar-refractivity contribution in [3.63, 3.8) is 0 Å². The molecule has 1 atom stereocenters. The quantitative estimate of drug-likeness (QED) is 0.666. The molecule has 2 fully saturated rings. The highest BCUT2D eigenvalue weighted by atomic mass is 16.4. The summed E-state index contributed by atoms with van der Waals surface area (Å²) in [5.74, 6) is -0.848. The lowest BCUT2D eigenvalue weighted by Gasteiger charge is -2.30. The van der Waals surface area contributed by atoms with Crippen LogP contribution in [-0.4, -0.2) is 53.2 Å². The van der Waals surface area contributed by atoms with E-state index in [1.807, 2.05) is 0 Å². The maximum Gasteiger partial charge on any atom is 0.315 e. The van der Waals surface area contributed by atoms with Gasteiger partial charge in [0.15, 0.2) is 0 Å². The van der Waals surface area contributed by atoms with Gasteiger partial charge in [-0.25, -0.2) is 4.79 Å². The number of rotatable bonds is 7. The summed E-state index contributed by atoms with van der Waals surface area (Å²) >= 11 is 0. The minimum absolute atomic E-state index is 0.0119. The first-order valence-electron chi connectivity index (χ1n) is 7.92. The van der Waals surface area contributed by atoms with Crippen molar-refractivity contribution in [2.24, 2.45) is 0 Å². The molecular formula is C15H27N3O3. The SMILES string of the molecule is CC(CNC(=O)NC1(CC(=O)O)CCCC1)N(C)C1CC1. The molecule has 2 aliphatic carbocycles. The molecule has 0 aromatic heterocycles. The number of hydrogen-bond donors (Lipinski definition) is 3. The molecule has 0 heterocycles. The number of hydrogen-bond acceptors (Lipinski definition) is 3. The van der Waals surface area contributed by atoms with Gasteiger partial charge < -0.3 is 15.7 Å². The van der Waals surface area contributed by atoms with E-state index < -0.39 is 11.5 Å². The van der Waals surface area contributed by atoms with Crippen LogP contribution < -0.4 is 10.6 Å². The van der Waals surface area contributed by atoms with Gasteiger partial charge in [-0.3, -0.25) is 9.69 Å². The minimum Gasteiger partial charge on any atom is -0.481 e. The van der Waals surface area contributed by atoms with Gasteiger partial charge in [0, 0.05) is 18.6 Å². The molecule has 3 N–H and O–H groups in total. The molecular weight excluding hydrogens is 270 g/mol. The Morgan fingerprint density at radius 2 is 1.95 bits per heavy atom. The van der Waals surface area contributed by atoms with Gasteiger partial charge in [0.25, 0.3) is 0 Å². The Hall–Kier alpha value is -1.30. The summed E-state index contributed by atoms with van der Waals surface area (Å²) in [6.45, 7) is 2.68. The maximum absolute atomic E-state index is 12.1. The van der Waals surface area contributed by atoms with Crippen molar-refractivity contribution in [2.75, 3.05) is 13.6 Å². The van der Waals surface area contributed by atoms with E-state index in [0.29, 0.717) is 18.6 Å². The summed E-state index contributed by atoms with van der Waals surface area (Å²) < 4.78 is 0. The summed E-state index contributed by atoms with van der Waals surface area (Å²) in [7, 11) is 2.09. The summed E-state index contributed by atoms with van der Waals surface area (Å²) in [5, 5.41) is 14.8. The molecule has 6 nitrogen and oxygen atoms in total. The van der Waals surface area contributed by atoms with Gasteiger partial charge in [-0.2, -0.15) is 0 Å². The van der Waals surface area contributed by atoms with E-state index in [-0.39, 0.29) is 12.5 Å². The number of carboxylic acids is 1. The maximum atomic E-state index is 12.1. The first-order chi connectivity index (χ1) is 9.92. The molecule has 2 aliphatic rings. The van der Waals surface area contributed by atoms with Crippen LogP contribution in [0.2, 0.25) is 0 Å². The van der Waals surface area contributed by atoms with Crippen LogP contribution >= 0.6 is 0 Å². The molecule has 2 saturated carbocycles. The van der Waals surface area contributed by atoms with Crippen molar-refractivity contribution < 1.29 is 14.7 Å². The van der Waals surface area contributed by atoms with E-state index in [1.165, 1.54) is 12.8 Å². The highest BCUT2D eigenvalue weighted by molar-refractivity contribution is 5.76. The Kier molecular flexibility index (Phi) is 5.08. The summed E-state index contributed by atoms with van der Waals surface area (Å²) in [5.41, 5.74) is -0.554. The van der Waals surface area contributed by atoms with Crippen LogP contribution in [0.25, 0.3) is 0 Å². The number of amides is 2. The number of carbonyl (C=O) groups excluding carboxylic acids is 1. The van der Waals surface area contributed by atoms with Crippen molar-refractivity contribution >= 4 is 12.0 Å². The molecule has 2 rings (SSSR count). The fourth-order valence-electron chi connectivity index (χ4n) is 3.20. The zero-order chi connectivity index (χ0) is 15.5. The monoisotopic (exact) mass is 297 g/mol. The van der Waals surface area contributed by atoms with E-state index >= 15 is 0 Å².